The molecular weight excluding hydrogens is 469 g/mol. The van der Waals surface area contributed by atoms with Gasteiger partial charge in [0.1, 0.15) is 0 Å². The van der Waals surface area contributed by atoms with Crippen molar-refractivity contribution in [2.75, 3.05) is 32.1 Å². The first kappa shape index (κ1) is 26.4. The van der Waals surface area contributed by atoms with Gasteiger partial charge in [-0.1, -0.05) is 25.5 Å². The molecule has 0 aliphatic heterocycles. The molecule has 160 valence electrons. The van der Waals surface area contributed by atoms with Gasteiger partial charge in [0.25, 0.3) is 0 Å². The molecule has 28 heavy (non-hydrogen) atoms. The first-order chi connectivity index (χ1) is 13.0. The summed E-state index contributed by atoms with van der Waals surface area (Å²) in [4.78, 5) is 15.9. The van der Waals surface area contributed by atoms with Crippen molar-refractivity contribution < 1.29 is 9.53 Å². The molecule has 0 saturated carbocycles. The number of carbonyl (C=O) groups excluding carboxylic acids is 1. The molecule has 8 heteroatoms. The number of ether oxygens (including phenoxy) is 1. The zero-order chi connectivity index (χ0) is 19.9. The van der Waals surface area contributed by atoms with Crippen molar-refractivity contribution in [1.29, 1.82) is 0 Å². The van der Waals surface area contributed by atoms with Crippen LogP contribution in [0.5, 0.6) is 0 Å². The van der Waals surface area contributed by atoms with E-state index >= 15 is 0 Å². The molecule has 0 spiro atoms. The summed E-state index contributed by atoms with van der Waals surface area (Å²) in [5.74, 6) is 0.766. The normalized spacial score (nSPS) is 11.0. The molecule has 1 aromatic rings. The number of nitrogens with zero attached hydrogens (tertiary/aromatic N) is 1. The van der Waals surface area contributed by atoms with Crippen molar-refractivity contribution in [3.8, 4) is 0 Å². The highest BCUT2D eigenvalue weighted by molar-refractivity contribution is 14.0. The molecule has 0 heterocycles. The highest BCUT2D eigenvalue weighted by Gasteiger charge is 2.03. The molecule has 2 amide bonds. The lowest BCUT2D eigenvalue weighted by atomic mass is 10.2. The number of rotatable bonds is 11. The maximum absolute atomic E-state index is 11.7. The molecule has 0 aliphatic carbocycles. The largest absolute Gasteiger partial charge is 0.381 e. The van der Waals surface area contributed by atoms with Crippen LogP contribution in [0, 0.1) is 0 Å². The van der Waals surface area contributed by atoms with E-state index in [1.165, 1.54) is 0 Å². The van der Waals surface area contributed by atoms with Crippen LogP contribution in [0.1, 0.15) is 45.6 Å². The molecule has 0 aromatic heterocycles. The van der Waals surface area contributed by atoms with E-state index in [1.54, 1.807) is 7.05 Å². The van der Waals surface area contributed by atoms with Gasteiger partial charge in [-0.3, -0.25) is 4.99 Å². The smallest absolute Gasteiger partial charge is 0.319 e. The lowest BCUT2D eigenvalue weighted by molar-refractivity contribution is 0.129. The van der Waals surface area contributed by atoms with Gasteiger partial charge in [0, 0.05) is 45.1 Å². The Bertz CT molecular complexity index is 564. The zero-order valence-corrected chi connectivity index (χ0v) is 19.8. The number of guanidine groups is 1. The molecule has 0 bridgehead atoms. The van der Waals surface area contributed by atoms with Gasteiger partial charge in [-0.25, -0.2) is 4.79 Å². The Kier molecular flexibility index (Phi) is 15.5. The molecule has 4 N–H and O–H groups in total. The third-order valence-electron chi connectivity index (χ3n) is 3.72. The van der Waals surface area contributed by atoms with Gasteiger partial charge in [-0.2, -0.15) is 0 Å². The minimum Gasteiger partial charge on any atom is -0.381 e. The van der Waals surface area contributed by atoms with Crippen LogP contribution in [0.2, 0.25) is 0 Å². The number of hydrogen-bond acceptors (Lipinski definition) is 3. The molecule has 0 saturated heterocycles. The number of unbranched alkanes of at least 4 members (excludes halogenated alkanes) is 1. The lowest BCUT2D eigenvalue weighted by Crippen LogP contribution is -2.37. The second kappa shape index (κ2) is 16.4. The van der Waals surface area contributed by atoms with E-state index in [4.69, 9.17) is 4.74 Å². The average molecular weight is 505 g/mol. The third kappa shape index (κ3) is 12.8. The van der Waals surface area contributed by atoms with E-state index in [1.807, 2.05) is 38.1 Å². The maximum Gasteiger partial charge on any atom is 0.319 e. The number of hydrogen-bond donors (Lipinski definition) is 4. The lowest BCUT2D eigenvalue weighted by Gasteiger charge is -2.13. The molecule has 0 radical (unpaired) electrons. The number of aliphatic imine (C=N–C) groups is 1. The van der Waals surface area contributed by atoms with E-state index in [0.717, 1.165) is 56.2 Å². The van der Waals surface area contributed by atoms with Crippen LogP contribution in [0.3, 0.4) is 0 Å². The first-order valence-electron chi connectivity index (χ1n) is 9.73. The van der Waals surface area contributed by atoms with Crippen LogP contribution < -0.4 is 21.3 Å². The van der Waals surface area contributed by atoms with Crippen LogP contribution in [0.4, 0.5) is 10.5 Å². The Morgan fingerprint density at radius 1 is 1.11 bits per heavy atom. The molecular formula is C20H36IN5O2. The summed E-state index contributed by atoms with van der Waals surface area (Å²) < 4.78 is 5.54. The topological polar surface area (TPSA) is 86.8 Å². The van der Waals surface area contributed by atoms with E-state index < -0.39 is 0 Å². The van der Waals surface area contributed by atoms with Crippen molar-refractivity contribution in [2.24, 2.45) is 4.99 Å². The Morgan fingerprint density at radius 2 is 1.79 bits per heavy atom. The fourth-order valence-electron chi connectivity index (χ4n) is 2.27. The minimum absolute atomic E-state index is 0. The van der Waals surface area contributed by atoms with E-state index in [-0.39, 0.29) is 36.0 Å². The standard InChI is InChI=1S/C20H35N5O2.HI/c1-5-6-13-27-14-7-12-22-19(21-4)23-15-17-8-10-18(11-9-17)25-20(26)24-16(2)3;/h8-11,16H,5-7,12-15H2,1-4H3,(H2,21,22,23)(H2,24,25,26);1H. The number of urea groups is 1. The number of amides is 2. The van der Waals surface area contributed by atoms with Crippen LogP contribution in [-0.2, 0) is 11.3 Å². The number of nitrogens with one attached hydrogen (secondary N) is 4. The second-order valence-corrected chi connectivity index (χ2v) is 6.62. The molecule has 0 aliphatic rings. The van der Waals surface area contributed by atoms with Gasteiger partial charge in [-0.05, 0) is 44.4 Å². The number of halogens is 1. The van der Waals surface area contributed by atoms with Crippen LogP contribution in [0.25, 0.3) is 0 Å². The molecule has 0 atom stereocenters. The quantitative estimate of drug-likeness (QED) is 0.160. The van der Waals surface area contributed by atoms with Gasteiger partial charge >= 0.3 is 6.03 Å². The van der Waals surface area contributed by atoms with Gasteiger partial charge in [0.15, 0.2) is 5.96 Å². The van der Waals surface area contributed by atoms with Crippen molar-refractivity contribution in [1.82, 2.24) is 16.0 Å². The molecule has 7 nitrogen and oxygen atoms in total. The second-order valence-electron chi connectivity index (χ2n) is 6.62. The molecule has 0 unspecified atom stereocenters. The highest BCUT2D eigenvalue weighted by Crippen LogP contribution is 2.09. The van der Waals surface area contributed by atoms with Gasteiger partial charge in [0.05, 0.1) is 0 Å². The minimum atomic E-state index is -0.195. The number of carbonyl (C=O) groups is 1. The summed E-state index contributed by atoms with van der Waals surface area (Å²) in [6.07, 6.45) is 3.23. The van der Waals surface area contributed by atoms with Crippen molar-refractivity contribution >= 4 is 41.7 Å². The Morgan fingerprint density at radius 3 is 2.39 bits per heavy atom. The number of benzene rings is 1. The Hall–Kier alpha value is -1.55. The van der Waals surface area contributed by atoms with Crippen LogP contribution in [-0.4, -0.2) is 44.8 Å². The SMILES string of the molecule is CCCCOCCCNC(=NC)NCc1ccc(NC(=O)NC(C)C)cc1.I. The van der Waals surface area contributed by atoms with Crippen LogP contribution in [0.15, 0.2) is 29.3 Å². The summed E-state index contributed by atoms with van der Waals surface area (Å²) >= 11 is 0. The predicted octanol–water partition coefficient (Wildman–Crippen LogP) is 3.71. The van der Waals surface area contributed by atoms with Gasteiger partial charge < -0.3 is 26.0 Å². The van der Waals surface area contributed by atoms with Gasteiger partial charge in [-0.15, -0.1) is 24.0 Å². The highest BCUT2D eigenvalue weighted by atomic mass is 127. The predicted molar refractivity (Wildman–Crippen MR) is 128 cm³/mol. The Labute approximate surface area is 186 Å². The monoisotopic (exact) mass is 505 g/mol. The maximum atomic E-state index is 11.7. The molecule has 1 rings (SSSR count). The average Bonchev–Trinajstić information content (AvgIpc) is 2.64. The number of anilines is 1. The first-order valence-corrected chi connectivity index (χ1v) is 9.73. The molecule has 0 fully saturated rings. The van der Waals surface area contributed by atoms with E-state index in [9.17, 15) is 4.79 Å². The fraction of sp³-hybridized carbons (Fsp3) is 0.600. The van der Waals surface area contributed by atoms with Crippen molar-refractivity contribution in [3.05, 3.63) is 29.8 Å². The van der Waals surface area contributed by atoms with Crippen molar-refractivity contribution in [2.45, 2.75) is 52.6 Å². The fourth-order valence-corrected chi connectivity index (χ4v) is 2.27. The zero-order valence-electron chi connectivity index (χ0n) is 17.5. The summed E-state index contributed by atoms with van der Waals surface area (Å²) in [6, 6.07) is 7.65. The van der Waals surface area contributed by atoms with Crippen molar-refractivity contribution in [3.63, 3.8) is 0 Å². The third-order valence-corrected chi connectivity index (χ3v) is 3.72. The summed E-state index contributed by atoms with van der Waals surface area (Å²) in [5.41, 5.74) is 1.87. The molecule has 1 aromatic carbocycles. The summed E-state index contributed by atoms with van der Waals surface area (Å²) in [5, 5.41) is 12.2. The Balaban J connectivity index is 0.00000729. The van der Waals surface area contributed by atoms with Crippen LogP contribution >= 0.6 is 24.0 Å². The van der Waals surface area contributed by atoms with E-state index in [2.05, 4.69) is 33.2 Å². The van der Waals surface area contributed by atoms with E-state index in [0.29, 0.717) is 6.54 Å². The summed E-state index contributed by atoms with van der Waals surface area (Å²) in [6.45, 7) is 9.10. The summed E-state index contributed by atoms with van der Waals surface area (Å²) in [7, 11) is 1.76. The van der Waals surface area contributed by atoms with Gasteiger partial charge in [0.2, 0.25) is 0 Å².